The number of aromatic nitrogens is 3. The molecule has 0 saturated heterocycles. The number of H-pyrrole nitrogens is 1. The zero-order chi connectivity index (χ0) is 28.5. The second-order valence-electron chi connectivity index (χ2n) is 9.04. The number of ether oxygens (including phenoxy) is 1. The van der Waals surface area contributed by atoms with Crippen LogP contribution in [0.25, 0.3) is 22.0 Å². The van der Waals surface area contributed by atoms with Crippen LogP contribution >= 0.6 is 0 Å². The monoisotopic (exact) mass is 555 g/mol. The van der Waals surface area contributed by atoms with Crippen LogP contribution in [0.3, 0.4) is 0 Å². The SMILES string of the molecule is CNC(=O)CCCNCCOc1ccc(C(=C(CC(F)(F)F)c2ccccc2)c2ccc3n[nH]c(F)c3c2)cn1. The molecule has 2 heterocycles. The average molecular weight is 556 g/mol. The second kappa shape index (κ2) is 13.2. The van der Waals surface area contributed by atoms with Crippen LogP contribution in [0.4, 0.5) is 17.6 Å². The maximum atomic E-state index is 14.3. The van der Waals surface area contributed by atoms with E-state index in [9.17, 15) is 22.4 Å². The molecule has 40 heavy (non-hydrogen) atoms. The minimum absolute atomic E-state index is 0.0174. The number of hydrogen-bond donors (Lipinski definition) is 3. The molecular weight excluding hydrogens is 526 g/mol. The molecule has 0 spiro atoms. The van der Waals surface area contributed by atoms with Crippen LogP contribution in [0.2, 0.25) is 0 Å². The van der Waals surface area contributed by atoms with Crippen molar-refractivity contribution in [2.45, 2.75) is 25.4 Å². The molecule has 7 nitrogen and oxygen atoms in total. The van der Waals surface area contributed by atoms with E-state index in [0.29, 0.717) is 60.6 Å². The van der Waals surface area contributed by atoms with E-state index < -0.39 is 18.5 Å². The number of halogens is 4. The lowest BCUT2D eigenvalue weighted by atomic mass is 9.88. The maximum absolute atomic E-state index is 14.3. The molecule has 0 radical (unpaired) electrons. The Morgan fingerprint density at radius 1 is 1.00 bits per heavy atom. The molecule has 0 saturated carbocycles. The minimum Gasteiger partial charge on any atom is -0.476 e. The largest absolute Gasteiger partial charge is 0.476 e. The fourth-order valence-corrected chi connectivity index (χ4v) is 4.29. The van der Waals surface area contributed by atoms with Gasteiger partial charge in [-0.25, -0.2) is 4.98 Å². The van der Waals surface area contributed by atoms with Crippen molar-refractivity contribution in [3.63, 3.8) is 0 Å². The fraction of sp³-hybridized carbons (Fsp3) is 0.276. The number of carbonyl (C=O) groups excluding carboxylic acids is 1. The zero-order valence-electron chi connectivity index (χ0n) is 21.8. The Labute approximate surface area is 228 Å². The van der Waals surface area contributed by atoms with E-state index in [1.165, 1.54) is 12.3 Å². The zero-order valence-corrected chi connectivity index (χ0v) is 21.8. The topological polar surface area (TPSA) is 91.9 Å². The summed E-state index contributed by atoms with van der Waals surface area (Å²) in [6, 6.07) is 16.2. The van der Waals surface area contributed by atoms with E-state index in [4.69, 9.17) is 4.74 Å². The normalized spacial score (nSPS) is 12.3. The summed E-state index contributed by atoms with van der Waals surface area (Å²) in [5, 5.41) is 12.1. The van der Waals surface area contributed by atoms with E-state index in [1.807, 2.05) is 0 Å². The van der Waals surface area contributed by atoms with Gasteiger partial charge in [-0.2, -0.15) is 22.7 Å². The quantitative estimate of drug-likeness (QED) is 0.122. The Hall–Kier alpha value is -4.25. The van der Waals surface area contributed by atoms with E-state index >= 15 is 0 Å². The first-order chi connectivity index (χ1) is 19.2. The van der Waals surface area contributed by atoms with Gasteiger partial charge in [0.1, 0.15) is 6.61 Å². The Kier molecular flexibility index (Phi) is 9.49. The third kappa shape index (κ3) is 7.66. The van der Waals surface area contributed by atoms with Gasteiger partial charge in [0.25, 0.3) is 0 Å². The van der Waals surface area contributed by atoms with Gasteiger partial charge in [0.2, 0.25) is 17.7 Å². The van der Waals surface area contributed by atoms with Gasteiger partial charge in [0.15, 0.2) is 0 Å². The Morgan fingerprint density at radius 2 is 1.77 bits per heavy atom. The predicted octanol–water partition coefficient (Wildman–Crippen LogP) is 5.50. The van der Waals surface area contributed by atoms with Crippen molar-refractivity contribution >= 4 is 28.0 Å². The van der Waals surface area contributed by atoms with Gasteiger partial charge >= 0.3 is 6.18 Å². The molecule has 1 amide bonds. The summed E-state index contributed by atoms with van der Waals surface area (Å²) >= 11 is 0. The number of pyridine rings is 1. The summed E-state index contributed by atoms with van der Waals surface area (Å²) in [7, 11) is 1.59. The number of benzene rings is 2. The summed E-state index contributed by atoms with van der Waals surface area (Å²) in [5.74, 6) is -0.377. The van der Waals surface area contributed by atoms with Crippen LogP contribution in [0.5, 0.6) is 5.88 Å². The number of rotatable bonds is 12. The molecular formula is C29H29F4N5O2. The summed E-state index contributed by atoms with van der Waals surface area (Å²) in [4.78, 5) is 15.6. The molecule has 0 atom stereocenters. The number of amides is 1. The highest BCUT2D eigenvalue weighted by atomic mass is 19.4. The van der Waals surface area contributed by atoms with Crippen LogP contribution in [0, 0.1) is 5.95 Å². The molecule has 4 rings (SSSR count). The van der Waals surface area contributed by atoms with Crippen molar-refractivity contribution in [2.75, 3.05) is 26.7 Å². The van der Waals surface area contributed by atoms with Crippen molar-refractivity contribution < 1.29 is 27.1 Å². The Morgan fingerprint density at radius 3 is 2.48 bits per heavy atom. The van der Waals surface area contributed by atoms with Crippen LogP contribution in [0.15, 0.2) is 66.9 Å². The van der Waals surface area contributed by atoms with E-state index in [1.54, 1.807) is 61.6 Å². The van der Waals surface area contributed by atoms with Crippen LogP contribution in [0.1, 0.15) is 36.0 Å². The lowest BCUT2D eigenvalue weighted by Crippen LogP contribution is -2.24. The van der Waals surface area contributed by atoms with Gasteiger partial charge in [-0.15, -0.1) is 0 Å². The van der Waals surface area contributed by atoms with Gasteiger partial charge < -0.3 is 15.4 Å². The second-order valence-corrected chi connectivity index (χ2v) is 9.04. The Balaban J connectivity index is 1.62. The summed E-state index contributed by atoms with van der Waals surface area (Å²) < 4.78 is 61.6. The molecule has 210 valence electrons. The Bertz CT molecular complexity index is 1450. The first-order valence-electron chi connectivity index (χ1n) is 12.7. The molecule has 0 aliphatic rings. The molecule has 0 fully saturated rings. The number of alkyl halides is 3. The van der Waals surface area contributed by atoms with Crippen LogP contribution in [-0.2, 0) is 4.79 Å². The number of fused-ring (bicyclic) bond motifs is 1. The third-order valence-electron chi connectivity index (χ3n) is 6.19. The number of allylic oxidation sites excluding steroid dienone is 1. The molecule has 4 aromatic rings. The summed E-state index contributed by atoms with van der Waals surface area (Å²) in [6.45, 7) is 1.50. The van der Waals surface area contributed by atoms with Crippen LogP contribution in [-0.4, -0.2) is 54.0 Å². The smallest absolute Gasteiger partial charge is 0.393 e. The van der Waals surface area contributed by atoms with Gasteiger partial charge in [-0.05, 0) is 53.4 Å². The van der Waals surface area contributed by atoms with Gasteiger partial charge in [-0.1, -0.05) is 36.4 Å². The standard InChI is InChI=1S/C29H29F4N5O2/c1-34-25(39)8-5-13-35-14-15-40-26-12-10-21(18-36-26)27(20-9-11-24-22(16-20)28(30)38-37-24)23(17-29(31,32)33)19-6-3-2-4-7-19/h2-4,6-7,9-12,16,18,35H,5,8,13-15,17H2,1H3,(H,34,39)(H,37,38). The van der Waals surface area contributed by atoms with E-state index in [0.717, 1.165) is 0 Å². The van der Waals surface area contributed by atoms with Gasteiger partial charge in [0, 0.05) is 37.8 Å². The summed E-state index contributed by atoms with van der Waals surface area (Å²) in [5.41, 5.74) is 1.89. The van der Waals surface area contributed by atoms with Gasteiger partial charge in [0.05, 0.1) is 17.3 Å². The molecule has 0 bridgehead atoms. The number of hydrogen-bond acceptors (Lipinski definition) is 5. The lowest BCUT2D eigenvalue weighted by Gasteiger charge is -2.19. The van der Waals surface area contributed by atoms with Crippen LogP contribution < -0.4 is 15.4 Å². The highest BCUT2D eigenvalue weighted by Gasteiger charge is 2.31. The minimum atomic E-state index is -4.49. The van der Waals surface area contributed by atoms with Crippen molar-refractivity contribution in [3.8, 4) is 5.88 Å². The molecule has 0 aliphatic carbocycles. The number of nitrogens with zero attached hydrogens (tertiary/aromatic N) is 2. The molecule has 0 aliphatic heterocycles. The average Bonchev–Trinajstić information content (AvgIpc) is 3.32. The van der Waals surface area contributed by atoms with Crippen molar-refractivity contribution in [2.24, 2.45) is 0 Å². The van der Waals surface area contributed by atoms with E-state index in [2.05, 4.69) is 25.8 Å². The summed E-state index contributed by atoms with van der Waals surface area (Å²) in [6.07, 6.45) is -3.11. The van der Waals surface area contributed by atoms with E-state index in [-0.39, 0.29) is 22.4 Å². The van der Waals surface area contributed by atoms with Crippen molar-refractivity contribution in [1.82, 2.24) is 25.8 Å². The molecule has 2 aromatic carbocycles. The van der Waals surface area contributed by atoms with Crippen molar-refractivity contribution in [3.05, 3.63) is 89.5 Å². The maximum Gasteiger partial charge on any atom is 0.393 e. The third-order valence-corrected chi connectivity index (χ3v) is 6.19. The predicted molar refractivity (Wildman–Crippen MR) is 145 cm³/mol. The number of nitrogens with one attached hydrogen (secondary N) is 3. The number of aromatic amines is 1. The highest BCUT2D eigenvalue weighted by Crippen LogP contribution is 2.40. The molecule has 3 N–H and O–H groups in total. The number of carbonyl (C=O) groups is 1. The first-order valence-corrected chi connectivity index (χ1v) is 12.7. The van der Waals surface area contributed by atoms with Gasteiger partial charge in [-0.3, -0.25) is 9.89 Å². The lowest BCUT2D eigenvalue weighted by molar-refractivity contribution is -0.123. The molecule has 0 unspecified atom stereocenters. The highest BCUT2D eigenvalue weighted by molar-refractivity contribution is 6.00. The fourth-order valence-electron chi connectivity index (χ4n) is 4.29. The van der Waals surface area contributed by atoms with Crippen molar-refractivity contribution in [1.29, 1.82) is 0 Å². The first kappa shape index (κ1) is 28.8. The molecule has 11 heteroatoms. The molecule has 2 aromatic heterocycles.